The second-order valence-electron chi connectivity index (χ2n) is 4.80. The molecule has 1 aromatic heterocycles. The highest BCUT2D eigenvalue weighted by Crippen LogP contribution is 2.33. The van der Waals surface area contributed by atoms with E-state index >= 15 is 0 Å². The number of hydrogen-bond donors (Lipinski definition) is 2. The molecular weight excluding hydrogens is 273 g/mol. The van der Waals surface area contributed by atoms with E-state index in [1.807, 2.05) is 0 Å². The minimum atomic E-state index is -4.46. The molecule has 0 radical (unpaired) electrons. The first-order valence-electron chi connectivity index (χ1n) is 6.16. The van der Waals surface area contributed by atoms with Gasteiger partial charge in [0.05, 0.1) is 5.56 Å². The first kappa shape index (κ1) is 14.4. The Morgan fingerprint density at radius 2 is 1.90 bits per heavy atom. The maximum Gasteiger partial charge on any atom is 0.416 e. The van der Waals surface area contributed by atoms with Crippen molar-refractivity contribution in [3.63, 3.8) is 0 Å². The quantitative estimate of drug-likeness (QED) is 0.861. The van der Waals surface area contributed by atoms with E-state index in [-0.39, 0.29) is 23.5 Å². The van der Waals surface area contributed by atoms with Crippen molar-refractivity contribution < 1.29 is 18.0 Å². The predicted molar refractivity (Wildman–Crippen MR) is 67.8 cm³/mol. The van der Waals surface area contributed by atoms with Crippen molar-refractivity contribution in [3.05, 3.63) is 17.7 Å². The molecule has 110 valence electrons. The van der Waals surface area contributed by atoms with Gasteiger partial charge in [-0.1, -0.05) is 0 Å². The molecule has 1 aliphatic rings. The largest absolute Gasteiger partial charge is 0.416 e. The monoisotopic (exact) mass is 288 g/mol. The van der Waals surface area contributed by atoms with Crippen LogP contribution in [0.3, 0.4) is 0 Å². The lowest BCUT2D eigenvalue weighted by molar-refractivity contribution is -0.137. The molecule has 1 fully saturated rings. The Labute approximate surface area is 113 Å². The lowest BCUT2D eigenvalue weighted by Crippen LogP contribution is -2.39. The summed E-state index contributed by atoms with van der Waals surface area (Å²) < 4.78 is 38.2. The number of alkyl halides is 3. The zero-order valence-corrected chi connectivity index (χ0v) is 10.7. The number of aromatic nitrogens is 1. The van der Waals surface area contributed by atoms with Gasteiger partial charge in [-0.05, 0) is 25.0 Å². The van der Waals surface area contributed by atoms with Gasteiger partial charge in [0.25, 0.3) is 0 Å². The fourth-order valence-electron chi connectivity index (χ4n) is 2.26. The maximum absolute atomic E-state index is 12.7. The number of carbonyl (C=O) groups excluding carboxylic acids is 1. The first-order chi connectivity index (χ1) is 9.27. The van der Waals surface area contributed by atoms with Gasteiger partial charge in [-0.15, -0.1) is 0 Å². The SMILES string of the molecule is NC(=O)C1CCN(c2cc(C(F)(F)F)cc(N)n2)CC1. The van der Waals surface area contributed by atoms with E-state index < -0.39 is 11.7 Å². The Morgan fingerprint density at radius 3 is 2.40 bits per heavy atom. The molecule has 2 heterocycles. The zero-order chi connectivity index (χ0) is 14.9. The standard InChI is InChI=1S/C12H15F3N4O/c13-12(14,15)8-5-9(16)18-10(6-8)19-3-1-7(2-4-19)11(17)20/h5-7H,1-4H2,(H2,16,18)(H2,17,20). The average molecular weight is 288 g/mol. The van der Waals surface area contributed by atoms with Crippen molar-refractivity contribution in [2.75, 3.05) is 23.7 Å². The third kappa shape index (κ3) is 3.12. The molecule has 1 saturated heterocycles. The molecule has 0 unspecified atom stereocenters. The van der Waals surface area contributed by atoms with Gasteiger partial charge in [0, 0.05) is 19.0 Å². The summed E-state index contributed by atoms with van der Waals surface area (Å²) in [4.78, 5) is 16.7. The number of amides is 1. The van der Waals surface area contributed by atoms with E-state index in [4.69, 9.17) is 11.5 Å². The van der Waals surface area contributed by atoms with Crippen molar-refractivity contribution in [1.82, 2.24) is 4.98 Å². The van der Waals surface area contributed by atoms with Crippen LogP contribution in [-0.4, -0.2) is 24.0 Å². The fourth-order valence-corrected chi connectivity index (χ4v) is 2.26. The van der Waals surface area contributed by atoms with Crippen LogP contribution in [0.4, 0.5) is 24.8 Å². The lowest BCUT2D eigenvalue weighted by atomic mass is 9.96. The van der Waals surface area contributed by atoms with Crippen LogP contribution in [0.5, 0.6) is 0 Å². The summed E-state index contributed by atoms with van der Waals surface area (Å²) in [5.41, 5.74) is 9.82. The highest BCUT2D eigenvalue weighted by Gasteiger charge is 2.32. The van der Waals surface area contributed by atoms with Crippen molar-refractivity contribution >= 4 is 17.5 Å². The summed E-state index contributed by atoms with van der Waals surface area (Å²) in [5, 5.41) is 0. The highest BCUT2D eigenvalue weighted by molar-refractivity contribution is 5.77. The number of nitrogens with two attached hydrogens (primary N) is 2. The van der Waals surface area contributed by atoms with Gasteiger partial charge >= 0.3 is 6.18 Å². The summed E-state index contributed by atoms with van der Waals surface area (Å²) >= 11 is 0. The van der Waals surface area contributed by atoms with Crippen LogP contribution < -0.4 is 16.4 Å². The summed E-state index contributed by atoms with van der Waals surface area (Å²) in [7, 11) is 0. The molecular formula is C12H15F3N4O. The van der Waals surface area contributed by atoms with Crippen molar-refractivity contribution in [2.24, 2.45) is 11.7 Å². The van der Waals surface area contributed by atoms with Gasteiger partial charge in [-0.3, -0.25) is 4.79 Å². The number of carbonyl (C=O) groups is 1. The molecule has 5 nitrogen and oxygen atoms in total. The summed E-state index contributed by atoms with van der Waals surface area (Å²) in [5.74, 6) is -0.595. The van der Waals surface area contributed by atoms with Crippen LogP contribution in [0.2, 0.25) is 0 Å². The minimum absolute atomic E-state index is 0.174. The van der Waals surface area contributed by atoms with Gasteiger partial charge in [0.1, 0.15) is 11.6 Å². The molecule has 0 aromatic carbocycles. The van der Waals surface area contributed by atoms with Crippen LogP contribution in [0, 0.1) is 5.92 Å². The number of nitrogen functional groups attached to an aromatic ring is 1. The Kier molecular flexibility index (Phi) is 3.74. The van der Waals surface area contributed by atoms with Gasteiger partial charge in [-0.25, -0.2) is 4.98 Å². The molecule has 20 heavy (non-hydrogen) atoms. The number of halogens is 3. The van der Waals surface area contributed by atoms with Gasteiger partial charge in [-0.2, -0.15) is 13.2 Å². The lowest BCUT2D eigenvalue weighted by Gasteiger charge is -2.31. The Hall–Kier alpha value is -1.99. The van der Waals surface area contributed by atoms with Crippen molar-refractivity contribution in [1.29, 1.82) is 0 Å². The van der Waals surface area contributed by atoms with E-state index in [1.165, 1.54) is 0 Å². The molecule has 0 spiro atoms. The molecule has 8 heteroatoms. The number of anilines is 2. The average Bonchev–Trinajstić information content (AvgIpc) is 2.37. The molecule has 4 N–H and O–H groups in total. The van der Waals surface area contributed by atoms with Crippen LogP contribution in [0.25, 0.3) is 0 Å². The number of rotatable bonds is 2. The molecule has 0 aliphatic carbocycles. The number of piperidine rings is 1. The number of primary amides is 1. The van der Waals surface area contributed by atoms with E-state index in [1.54, 1.807) is 4.90 Å². The Balaban J connectivity index is 2.18. The van der Waals surface area contributed by atoms with E-state index in [9.17, 15) is 18.0 Å². The second-order valence-corrected chi connectivity index (χ2v) is 4.80. The highest BCUT2D eigenvalue weighted by atomic mass is 19.4. The van der Waals surface area contributed by atoms with E-state index in [0.29, 0.717) is 25.9 Å². The van der Waals surface area contributed by atoms with Crippen molar-refractivity contribution in [3.8, 4) is 0 Å². The van der Waals surface area contributed by atoms with Crippen LogP contribution in [-0.2, 0) is 11.0 Å². The maximum atomic E-state index is 12.7. The predicted octanol–water partition coefficient (Wildman–Crippen LogP) is 1.38. The molecule has 1 amide bonds. The third-order valence-electron chi connectivity index (χ3n) is 3.38. The summed E-state index contributed by atoms with van der Waals surface area (Å²) in [6, 6.07) is 1.78. The molecule has 0 atom stereocenters. The smallest absolute Gasteiger partial charge is 0.384 e. The van der Waals surface area contributed by atoms with Crippen LogP contribution in [0.15, 0.2) is 12.1 Å². The number of hydrogen-bond acceptors (Lipinski definition) is 4. The van der Waals surface area contributed by atoms with E-state index in [2.05, 4.69) is 4.98 Å². The van der Waals surface area contributed by atoms with Crippen molar-refractivity contribution in [2.45, 2.75) is 19.0 Å². The summed E-state index contributed by atoms with van der Waals surface area (Å²) in [6.45, 7) is 0.864. The molecule has 0 saturated carbocycles. The fraction of sp³-hybridized carbons (Fsp3) is 0.500. The molecule has 0 bridgehead atoms. The summed E-state index contributed by atoms with van der Waals surface area (Å²) in [6.07, 6.45) is -3.45. The Bertz CT molecular complexity index is 510. The topological polar surface area (TPSA) is 85.2 Å². The first-order valence-corrected chi connectivity index (χ1v) is 6.16. The molecule has 2 rings (SSSR count). The molecule has 1 aliphatic heterocycles. The second kappa shape index (κ2) is 5.18. The molecule has 1 aromatic rings. The number of pyridine rings is 1. The van der Waals surface area contributed by atoms with Gasteiger partial charge < -0.3 is 16.4 Å². The Morgan fingerprint density at radius 1 is 1.30 bits per heavy atom. The van der Waals surface area contributed by atoms with Gasteiger partial charge in [0.15, 0.2) is 0 Å². The van der Waals surface area contributed by atoms with Crippen LogP contribution in [0.1, 0.15) is 18.4 Å². The minimum Gasteiger partial charge on any atom is -0.384 e. The van der Waals surface area contributed by atoms with Gasteiger partial charge in [0.2, 0.25) is 5.91 Å². The third-order valence-corrected chi connectivity index (χ3v) is 3.38. The van der Waals surface area contributed by atoms with E-state index in [0.717, 1.165) is 12.1 Å². The normalized spacial score (nSPS) is 17.2. The zero-order valence-electron chi connectivity index (χ0n) is 10.7. The van der Waals surface area contributed by atoms with Crippen LogP contribution >= 0.6 is 0 Å². The number of nitrogens with zero attached hydrogens (tertiary/aromatic N) is 2.